The second kappa shape index (κ2) is 8.80. The number of amides is 1. The number of aromatic amines is 1. The van der Waals surface area contributed by atoms with E-state index in [0.717, 1.165) is 67.2 Å². The standard InChI is InChI=1S/C24H29N5O3/c1-31-19-4-3-5-20(32-2)22(19)18-13-26-23-16(18)6-7-21(27-23)28-24(30)17-12-15(17)14-29-10-8-25-9-11-29/h3-7,13,15,17,25H,8-12,14H2,1-2H3,(H2,26,27,28,30)/t15-,17+/m1/s1. The van der Waals surface area contributed by atoms with Crippen molar-refractivity contribution in [3.8, 4) is 22.6 Å². The molecule has 1 aromatic carbocycles. The summed E-state index contributed by atoms with van der Waals surface area (Å²) in [5, 5.41) is 7.31. The van der Waals surface area contributed by atoms with Gasteiger partial charge in [-0.1, -0.05) is 6.07 Å². The van der Waals surface area contributed by atoms with Crippen molar-refractivity contribution in [2.45, 2.75) is 6.42 Å². The quantitative estimate of drug-likeness (QED) is 0.529. The van der Waals surface area contributed by atoms with Gasteiger partial charge in [0.25, 0.3) is 0 Å². The first kappa shape index (κ1) is 20.8. The van der Waals surface area contributed by atoms with E-state index in [9.17, 15) is 4.79 Å². The Hall–Kier alpha value is -3.10. The highest BCUT2D eigenvalue weighted by molar-refractivity contribution is 5.99. The number of piperazine rings is 1. The number of nitrogens with one attached hydrogen (secondary N) is 3. The molecular formula is C24H29N5O3. The van der Waals surface area contributed by atoms with Crippen molar-refractivity contribution in [3.63, 3.8) is 0 Å². The van der Waals surface area contributed by atoms with Crippen LogP contribution in [0.4, 0.5) is 5.82 Å². The van der Waals surface area contributed by atoms with Gasteiger partial charge in [0.1, 0.15) is 23.0 Å². The number of fused-ring (bicyclic) bond motifs is 1. The molecule has 3 aromatic rings. The summed E-state index contributed by atoms with van der Waals surface area (Å²) in [7, 11) is 3.29. The van der Waals surface area contributed by atoms with Gasteiger partial charge in [0.05, 0.1) is 19.8 Å². The minimum absolute atomic E-state index is 0.0650. The van der Waals surface area contributed by atoms with Crippen LogP contribution in [0.15, 0.2) is 36.5 Å². The molecule has 3 heterocycles. The summed E-state index contributed by atoms with van der Waals surface area (Å²) in [6.07, 6.45) is 2.85. The van der Waals surface area contributed by atoms with E-state index < -0.39 is 0 Å². The van der Waals surface area contributed by atoms with Crippen LogP contribution in [0.5, 0.6) is 11.5 Å². The molecule has 1 saturated heterocycles. The minimum Gasteiger partial charge on any atom is -0.496 e. The van der Waals surface area contributed by atoms with Gasteiger partial charge >= 0.3 is 0 Å². The second-order valence-electron chi connectivity index (χ2n) is 8.47. The number of carbonyl (C=O) groups excluding carboxylic acids is 1. The number of aromatic nitrogens is 2. The van der Waals surface area contributed by atoms with E-state index in [1.807, 2.05) is 36.5 Å². The third-order valence-corrected chi connectivity index (χ3v) is 6.45. The van der Waals surface area contributed by atoms with Crippen molar-refractivity contribution in [2.24, 2.45) is 11.8 Å². The number of H-pyrrole nitrogens is 1. The van der Waals surface area contributed by atoms with E-state index in [1.54, 1.807) is 14.2 Å². The third-order valence-electron chi connectivity index (χ3n) is 6.45. The molecule has 2 aromatic heterocycles. The summed E-state index contributed by atoms with van der Waals surface area (Å²) in [5.74, 6) is 2.62. The van der Waals surface area contributed by atoms with Crippen LogP contribution in [0.2, 0.25) is 0 Å². The molecule has 2 atom stereocenters. The lowest BCUT2D eigenvalue weighted by Gasteiger charge is -2.27. The zero-order chi connectivity index (χ0) is 22.1. The van der Waals surface area contributed by atoms with Gasteiger partial charge in [-0.3, -0.25) is 4.79 Å². The Bertz CT molecular complexity index is 1100. The van der Waals surface area contributed by atoms with Crippen molar-refractivity contribution < 1.29 is 14.3 Å². The lowest BCUT2D eigenvalue weighted by molar-refractivity contribution is -0.117. The normalized spacial score (nSPS) is 20.8. The molecule has 1 saturated carbocycles. The summed E-state index contributed by atoms with van der Waals surface area (Å²) in [6.45, 7) is 5.20. The van der Waals surface area contributed by atoms with E-state index in [2.05, 4.69) is 25.5 Å². The zero-order valence-electron chi connectivity index (χ0n) is 18.5. The van der Waals surface area contributed by atoms with Crippen molar-refractivity contribution in [1.82, 2.24) is 20.2 Å². The smallest absolute Gasteiger partial charge is 0.228 e. The van der Waals surface area contributed by atoms with E-state index in [1.165, 1.54) is 0 Å². The highest BCUT2D eigenvalue weighted by Crippen LogP contribution is 2.42. The van der Waals surface area contributed by atoms with E-state index in [4.69, 9.17) is 9.47 Å². The van der Waals surface area contributed by atoms with Gasteiger partial charge in [0.2, 0.25) is 5.91 Å². The van der Waals surface area contributed by atoms with Gasteiger partial charge in [0.15, 0.2) is 0 Å². The molecule has 0 unspecified atom stereocenters. The second-order valence-corrected chi connectivity index (χ2v) is 8.47. The zero-order valence-corrected chi connectivity index (χ0v) is 18.5. The molecule has 8 nitrogen and oxygen atoms in total. The van der Waals surface area contributed by atoms with Crippen LogP contribution in [0.3, 0.4) is 0 Å². The Labute approximate surface area is 187 Å². The predicted octanol–water partition coefficient (Wildman–Crippen LogP) is 2.73. The molecule has 0 radical (unpaired) electrons. The first-order valence-electron chi connectivity index (χ1n) is 11.1. The summed E-state index contributed by atoms with van der Waals surface area (Å²) >= 11 is 0. The highest BCUT2D eigenvalue weighted by Gasteiger charge is 2.43. The fourth-order valence-corrected chi connectivity index (χ4v) is 4.61. The molecular weight excluding hydrogens is 406 g/mol. The molecule has 2 fully saturated rings. The Morgan fingerprint density at radius 1 is 1.16 bits per heavy atom. The first-order chi connectivity index (χ1) is 15.7. The van der Waals surface area contributed by atoms with Crippen molar-refractivity contribution >= 4 is 22.8 Å². The maximum atomic E-state index is 12.7. The number of ether oxygens (including phenoxy) is 2. The van der Waals surface area contributed by atoms with Crippen molar-refractivity contribution in [1.29, 1.82) is 0 Å². The summed E-state index contributed by atoms with van der Waals surface area (Å²) in [6, 6.07) is 9.54. The molecule has 3 N–H and O–H groups in total. The van der Waals surface area contributed by atoms with Crippen LogP contribution < -0.4 is 20.1 Å². The maximum Gasteiger partial charge on any atom is 0.228 e. The van der Waals surface area contributed by atoms with Crippen LogP contribution in [-0.4, -0.2) is 67.7 Å². The Morgan fingerprint density at radius 2 is 1.91 bits per heavy atom. The fourth-order valence-electron chi connectivity index (χ4n) is 4.61. The van der Waals surface area contributed by atoms with Crippen molar-refractivity contribution in [3.05, 3.63) is 36.5 Å². The average Bonchev–Trinajstić information content (AvgIpc) is 3.47. The number of methoxy groups -OCH3 is 2. The molecule has 2 aliphatic rings. The first-order valence-corrected chi connectivity index (χ1v) is 11.1. The summed E-state index contributed by atoms with van der Waals surface area (Å²) < 4.78 is 11.1. The summed E-state index contributed by atoms with van der Waals surface area (Å²) in [4.78, 5) is 23.0. The van der Waals surface area contributed by atoms with E-state index in [0.29, 0.717) is 17.4 Å². The SMILES string of the molecule is COc1cccc(OC)c1-c1c[nH]c2nc(NC(=O)[C@H]3C[C@@H]3CN3CCNCC3)ccc12. The number of benzene rings is 1. The number of carbonyl (C=O) groups is 1. The number of rotatable bonds is 7. The van der Waals surface area contributed by atoms with Crippen LogP contribution in [-0.2, 0) is 4.79 Å². The monoisotopic (exact) mass is 435 g/mol. The van der Waals surface area contributed by atoms with Gasteiger partial charge in [-0.25, -0.2) is 4.98 Å². The Morgan fingerprint density at radius 3 is 2.62 bits per heavy atom. The third kappa shape index (κ3) is 4.03. The number of nitrogens with zero attached hydrogens (tertiary/aromatic N) is 2. The lowest BCUT2D eigenvalue weighted by atomic mass is 10.0. The molecule has 5 rings (SSSR count). The largest absolute Gasteiger partial charge is 0.496 e. The van der Waals surface area contributed by atoms with Crippen molar-refractivity contribution in [2.75, 3.05) is 52.3 Å². The predicted molar refractivity (Wildman–Crippen MR) is 124 cm³/mol. The van der Waals surface area contributed by atoms with Crippen LogP contribution in [0.25, 0.3) is 22.2 Å². The lowest BCUT2D eigenvalue weighted by Crippen LogP contribution is -2.44. The van der Waals surface area contributed by atoms with Gasteiger partial charge in [0, 0.05) is 55.8 Å². The molecule has 1 aliphatic carbocycles. The molecule has 8 heteroatoms. The molecule has 32 heavy (non-hydrogen) atoms. The summed E-state index contributed by atoms with van der Waals surface area (Å²) in [5.41, 5.74) is 2.52. The molecule has 1 aliphatic heterocycles. The average molecular weight is 436 g/mol. The van der Waals surface area contributed by atoms with Gasteiger partial charge < -0.3 is 30.0 Å². The van der Waals surface area contributed by atoms with Gasteiger partial charge in [-0.05, 0) is 36.6 Å². The molecule has 168 valence electrons. The van der Waals surface area contributed by atoms with E-state index in [-0.39, 0.29) is 11.8 Å². The van der Waals surface area contributed by atoms with Gasteiger partial charge in [-0.2, -0.15) is 0 Å². The number of hydrogen-bond donors (Lipinski definition) is 3. The maximum absolute atomic E-state index is 12.7. The number of anilines is 1. The topological polar surface area (TPSA) is 91.5 Å². The Kier molecular flexibility index (Phi) is 5.71. The Balaban J connectivity index is 1.30. The van der Waals surface area contributed by atoms with E-state index >= 15 is 0 Å². The minimum atomic E-state index is 0.0650. The highest BCUT2D eigenvalue weighted by atomic mass is 16.5. The van der Waals surface area contributed by atoms with Crippen LogP contribution >= 0.6 is 0 Å². The van der Waals surface area contributed by atoms with Crippen LogP contribution in [0.1, 0.15) is 6.42 Å². The molecule has 0 bridgehead atoms. The molecule has 0 spiro atoms. The fraction of sp³-hybridized carbons (Fsp3) is 0.417. The number of pyridine rings is 1. The number of hydrogen-bond acceptors (Lipinski definition) is 6. The van der Waals surface area contributed by atoms with Crippen LogP contribution in [0, 0.1) is 11.8 Å². The van der Waals surface area contributed by atoms with Gasteiger partial charge in [-0.15, -0.1) is 0 Å². The molecule has 1 amide bonds.